The zero-order valence-electron chi connectivity index (χ0n) is 18.8. The number of ether oxygens (including phenoxy) is 2. The van der Waals surface area contributed by atoms with Crippen molar-refractivity contribution in [3.05, 3.63) is 84.4 Å². The summed E-state index contributed by atoms with van der Waals surface area (Å²) in [6, 6.07) is 25.2. The van der Waals surface area contributed by atoms with Gasteiger partial charge in [0.15, 0.2) is 12.6 Å². The second kappa shape index (κ2) is 12.8. The van der Waals surface area contributed by atoms with Gasteiger partial charge in [0.1, 0.15) is 17.2 Å². The van der Waals surface area contributed by atoms with Gasteiger partial charge in [-0.3, -0.25) is 9.79 Å². The molecule has 0 bridgehead atoms. The number of carbonyl (C=O) groups is 1. The van der Waals surface area contributed by atoms with Crippen LogP contribution in [0, 0.1) is 0 Å². The number of anilines is 1. The van der Waals surface area contributed by atoms with Gasteiger partial charge in [-0.1, -0.05) is 36.4 Å². The van der Waals surface area contributed by atoms with Crippen LogP contribution in [0.15, 0.2) is 83.9 Å². The highest BCUT2D eigenvalue weighted by atomic mass is 127. The highest BCUT2D eigenvalue weighted by Crippen LogP contribution is 2.23. The summed E-state index contributed by atoms with van der Waals surface area (Å²) >= 11 is 0. The summed E-state index contributed by atoms with van der Waals surface area (Å²) in [6.45, 7) is 0.586. The van der Waals surface area contributed by atoms with Gasteiger partial charge >= 0.3 is 0 Å². The number of hydrogen-bond donors (Lipinski definition) is 3. The minimum Gasteiger partial charge on any atom is -0.484 e. The lowest BCUT2D eigenvalue weighted by molar-refractivity contribution is -0.123. The fourth-order valence-corrected chi connectivity index (χ4v) is 3.15. The molecule has 3 aromatic rings. The molecule has 0 atom stereocenters. The third-order valence-electron chi connectivity index (χ3n) is 5.00. The summed E-state index contributed by atoms with van der Waals surface area (Å²) in [5, 5.41) is 6.00. The second-order valence-corrected chi connectivity index (χ2v) is 7.86. The van der Waals surface area contributed by atoms with E-state index in [4.69, 9.17) is 15.2 Å². The van der Waals surface area contributed by atoms with Gasteiger partial charge < -0.3 is 25.8 Å². The molecule has 4 N–H and O–H groups in total. The maximum Gasteiger partial charge on any atom is 0.258 e. The number of halogens is 1. The van der Waals surface area contributed by atoms with Gasteiger partial charge in [0.2, 0.25) is 0 Å². The number of guanidine groups is 1. The quantitative estimate of drug-likeness (QED) is 0.186. The summed E-state index contributed by atoms with van der Waals surface area (Å²) < 4.78 is 11.4. The zero-order chi connectivity index (χ0) is 22.9. The van der Waals surface area contributed by atoms with Crippen LogP contribution in [-0.2, 0) is 11.2 Å². The van der Waals surface area contributed by atoms with Crippen LogP contribution in [0.3, 0.4) is 0 Å². The lowest BCUT2D eigenvalue weighted by atomic mass is 10.1. The number of para-hydroxylation sites is 1. The monoisotopic (exact) mass is 572 g/mol. The third-order valence-corrected chi connectivity index (χ3v) is 5.00. The van der Waals surface area contributed by atoms with Crippen LogP contribution in [0.5, 0.6) is 17.2 Å². The van der Waals surface area contributed by atoms with E-state index in [1.807, 2.05) is 78.9 Å². The number of carbonyl (C=O) groups excluding carboxylic acids is 1. The summed E-state index contributed by atoms with van der Waals surface area (Å²) in [7, 11) is 0. The molecule has 178 valence electrons. The Balaban J connectivity index is 0.00000324. The number of amides is 1. The molecular weight excluding hydrogens is 543 g/mol. The first-order chi connectivity index (χ1) is 16.1. The average molecular weight is 572 g/mol. The van der Waals surface area contributed by atoms with Crippen molar-refractivity contribution in [2.45, 2.75) is 25.3 Å². The SMILES string of the molecule is I.NC(=NCCc1ccc(OCC(=O)NC2CC2)cc1)Nc1cccc(Oc2ccccc2)c1. The normalized spacial score (nSPS) is 12.9. The van der Waals surface area contributed by atoms with Gasteiger partial charge in [-0.05, 0) is 61.2 Å². The van der Waals surface area contributed by atoms with Gasteiger partial charge in [-0.2, -0.15) is 0 Å². The van der Waals surface area contributed by atoms with Crippen molar-refractivity contribution in [3.63, 3.8) is 0 Å². The molecule has 4 rings (SSSR count). The van der Waals surface area contributed by atoms with Crippen LogP contribution < -0.4 is 25.8 Å². The van der Waals surface area contributed by atoms with Crippen molar-refractivity contribution < 1.29 is 14.3 Å². The van der Waals surface area contributed by atoms with E-state index >= 15 is 0 Å². The predicted molar refractivity (Wildman–Crippen MR) is 145 cm³/mol. The smallest absolute Gasteiger partial charge is 0.258 e. The van der Waals surface area contributed by atoms with E-state index in [0.29, 0.717) is 30.0 Å². The lowest BCUT2D eigenvalue weighted by Gasteiger charge is -2.09. The standard InChI is InChI=1S/C26H28N4O3.HI/c27-26(30-21-5-4-8-24(17-21)33-23-6-2-1-3-7-23)28-16-15-19-9-13-22(14-10-19)32-18-25(31)29-20-11-12-20;/h1-10,13-14,17,20H,11-12,15-16,18H2,(H,29,31)(H3,27,28,30);1H. The van der Waals surface area contributed by atoms with E-state index in [1.165, 1.54) is 0 Å². The molecule has 8 heteroatoms. The number of benzene rings is 3. The van der Waals surface area contributed by atoms with Crippen LogP contribution in [0.25, 0.3) is 0 Å². The van der Waals surface area contributed by atoms with Gasteiger partial charge in [-0.15, -0.1) is 24.0 Å². The highest BCUT2D eigenvalue weighted by Gasteiger charge is 2.23. The third kappa shape index (κ3) is 8.58. The van der Waals surface area contributed by atoms with Crippen molar-refractivity contribution in [2.24, 2.45) is 10.7 Å². The van der Waals surface area contributed by atoms with Crippen LogP contribution in [0.1, 0.15) is 18.4 Å². The molecule has 1 amide bonds. The molecule has 0 heterocycles. The minimum atomic E-state index is -0.0731. The first-order valence-corrected chi connectivity index (χ1v) is 11.0. The van der Waals surface area contributed by atoms with Crippen molar-refractivity contribution in [1.29, 1.82) is 0 Å². The van der Waals surface area contributed by atoms with E-state index in [-0.39, 0.29) is 36.5 Å². The predicted octanol–water partition coefficient (Wildman–Crippen LogP) is 4.72. The summed E-state index contributed by atoms with van der Waals surface area (Å²) in [6.07, 6.45) is 2.87. The number of nitrogens with one attached hydrogen (secondary N) is 2. The molecule has 0 aliphatic heterocycles. The first kappa shape index (κ1) is 25.4. The molecule has 0 unspecified atom stereocenters. The van der Waals surface area contributed by atoms with Crippen molar-refractivity contribution in [1.82, 2.24) is 5.32 Å². The maximum atomic E-state index is 11.7. The molecule has 1 aliphatic carbocycles. The van der Waals surface area contributed by atoms with E-state index in [0.717, 1.165) is 36.3 Å². The van der Waals surface area contributed by atoms with E-state index < -0.39 is 0 Å². The summed E-state index contributed by atoms with van der Waals surface area (Å²) in [4.78, 5) is 16.1. The van der Waals surface area contributed by atoms with Gasteiger partial charge in [-0.25, -0.2) is 0 Å². The van der Waals surface area contributed by atoms with Crippen LogP contribution >= 0.6 is 24.0 Å². The Kier molecular flexibility index (Phi) is 9.57. The summed E-state index contributed by atoms with van der Waals surface area (Å²) in [5.41, 5.74) is 7.96. The molecule has 34 heavy (non-hydrogen) atoms. The van der Waals surface area contributed by atoms with Crippen LogP contribution in [0.4, 0.5) is 5.69 Å². The van der Waals surface area contributed by atoms with E-state index in [9.17, 15) is 4.79 Å². The highest BCUT2D eigenvalue weighted by molar-refractivity contribution is 14.0. The van der Waals surface area contributed by atoms with Crippen molar-refractivity contribution in [2.75, 3.05) is 18.5 Å². The van der Waals surface area contributed by atoms with Gasteiger partial charge in [0.25, 0.3) is 5.91 Å². The van der Waals surface area contributed by atoms with Gasteiger partial charge in [0, 0.05) is 24.3 Å². The number of aliphatic imine (C=N–C) groups is 1. The fraction of sp³-hybridized carbons (Fsp3) is 0.231. The Morgan fingerprint density at radius 3 is 2.41 bits per heavy atom. The Morgan fingerprint density at radius 2 is 1.68 bits per heavy atom. The van der Waals surface area contributed by atoms with Crippen molar-refractivity contribution >= 4 is 41.5 Å². The summed E-state index contributed by atoms with van der Waals surface area (Å²) in [5.74, 6) is 2.43. The largest absolute Gasteiger partial charge is 0.484 e. The van der Waals surface area contributed by atoms with E-state index in [1.54, 1.807) is 0 Å². The Morgan fingerprint density at radius 1 is 0.941 bits per heavy atom. The fourth-order valence-electron chi connectivity index (χ4n) is 3.15. The maximum absolute atomic E-state index is 11.7. The van der Waals surface area contributed by atoms with Crippen LogP contribution in [0.2, 0.25) is 0 Å². The van der Waals surface area contributed by atoms with E-state index in [2.05, 4.69) is 15.6 Å². The molecule has 0 saturated heterocycles. The zero-order valence-corrected chi connectivity index (χ0v) is 21.1. The molecule has 0 spiro atoms. The number of hydrogen-bond acceptors (Lipinski definition) is 4. The molecule has 0 aromatic heterocycles. The molecule has 7 nitrogen and oxygen atoms in total. The molecule has 1 aliphatic rings. The molecule has 0 radical (unpaired) electrons. The first-order valence-electron chi connectivity index (χ1n) is 11.0. The Labute approximate surface area is 216 Å². The van der Waals surface area contributed by atoms with Crippen LogP contribution in [-0.4, -0.2) is 31.1 Å². The van der Waals surface area contributed by atoms with Crippen molar-refractivity contribution in [3.8, 4) is 17.2 Å². The number of nitrogens with zero attached hydrogens (tertiary/aromatic N) is 1. The number of rotatable bonds is 10. The molecule has 1 fully saturated rings. The molecule has 1 saturated carbocycles. The Hall–Kier alpha value is -3.27. The second-order valence-electron chi connectivity index (χ2n) is 7.86. The topological polar surface area (TPSA) is 98.0 Å². The number of nitrogens with two attached hydrogens (primary N) is 1. The average Bonchev–Trinajstić information content (AvgIpc) is 3.63. The van der Waals surface area contributed by atoms with Gasteiger partial charge in [0.05, 0.1) is 0 Å². The lowest BCUT2D eigenvalue weighted by Crippen LogP contribution is -2.30. The minimum absolute atomic E-state index is 0. The molecule has 3 aromatic carbocycles. The molecular formula is C26H29IN4O3. The Bertz CT molecular complexity index is 1090.